The number of nitrogens with zero attached hydrogens (tertiary/aromatic N) is 1. The van der Waals surface area contributed by atoms with Gasteiger partial charge < -0.3 is 9.52 Å². The zero-order valence-electron chi connectivity index (χ0n) is 34.0. The summed E-state index contributed by atoms with van der Waals surface area (Å²) in [6, 6.07) is 22.9. The van der Waals surface area contributed by atoms with Crippen LogP contribution in [0.15, 0.2) is 82.4 Å². The molecule has 3 heterocycles. The molecule has 53 heavy (non-hydrogen) atoms. The van der Waals surface area contributed by atoms with Crippen molar-refractivity contribution in [1.82, 2.24) is 4.98 Å². The summed E-state index contributed by atoms with van der Waals surface area (Å²) in [6.45, 7) is 25.6. The number of hydrogen-bond acceptors (Lipinski definition) is 5. The van der Waals surface area contributed by atoms with Crippen LogP contribution in [0.4, 0.5) is 0 Å². The summed E-state index contributed by atoms with van der Waals surface area (Å²) in [4.78, 5) is 18.4. The molecule has 0 spiro atoms. The Hall–Kier alpha value is -3.31. The molecule has 0 saturated heterocycles. The third kappa shape index (κ3) is 10.1. The average Bonchev–Trinajstić information content (AvgIpc) is 3.50. The Balaban J connectivity index is 0.000000359. The molecular weight excluding hydrogens is 851 g/mol. The van der Waals surface area contributed by atoms with Gasteiger partial charge >= 0.3 is 0 Å². The number of aryl methyl sites for hydroxylation is 1. The monoisotopic (exact) mass is 911 g/mol. The van der Waals surface area contributed by atoms with Crippen LogP contribution in [0, 0.1) is 29.7 Å². The number of aromatic nitrogens is 1. The Labute approximate surface area is 336 Å². The minimum Gasteiger partial charge on any atom is -0.512 e. The smallest absolute Gasteiger partial charge is 0.164 e. The molecule has 0 aliphatic rings. The van der Waals surface area contributed by atoms with Crippen molar-refractivity contribution in [1.29, 1.82) is 0 Å². The topological polar surface area (TPSA) is 63.3 Å². The zero-order valence-corrected chi connectivity index (χ0v) is 37.2. The van der Waals surface area contributed by atoms with Crippen molar-refractivity contribution in [2.75, 3.05) is 0 Å². The van der Waals surface area contributed by atoms with E-state index in [1.54, 1.807) is 11.3 Å². The first-order chi connectivity index (χ1) is 24.5. The molecule has 1 radical (unpaired) electrons. The van der Waals surface area contributed by atoms with Crippen molar-refractivity contribution >= 4 is 49.8 Å². The van der Waals surface area contributed by atoms with Gasteiger partial charge in [0, 0.05) is 64.6 Å². The van der Waals surface area contributed by atoms with E-state index in [0.29, 0.717) is 5.92 Å². The van der Waals surface area contributed by atoms with E-state index in [4.69, 9.17) is 9.40 Å². The summed E-state index contributed by atoms with van der Waals surface area (Å²) in [6.07, 6.45) is 7.65. The maximum Gasteiger partial charge on any atom is 0.164 e. The quantitative estimate of drug-likeness (QED) is 0.0861. The van der Waals surface area contributed by atoms with Gasteiger partial charge in [-0.25, -0.2) is 0 Å². The summed E-state index contributed by atoms with van der Waals surface area (Å²) in [7, 11) is 0. The first-order valence-corrected chi connectivity index (χ1v) is 19.9. The number of carbonyl (C=O) groups excluding carboxylic acids is 1. The standard InChI is InChI=1S/C32H32NOS.C15H28O2.Ir/c1-20(2)17-22-11-12-28-26(14-16-35-21(22)3)30-29(34-28)13-15-33-31(30)24-18-23-9-7-8-10-25(23)27(19-24)32(4,5)6;1-7-14(5,8-2)12(16)11-13(17)15(6,9-3)10-4;/h7-16,19-20H,17H2,1-6H3;11,16H,7-10H2,1-6H3;/q-1;;/b;12-11-;. The number of fused-ring (bicyclic) bond motifs is 4. The van der Waals surface area contributed by atoms with Crippen molar-refractivity contribution in [2.24, 2.45) is 16.7 Å². The van der Waals surface area contributed by atoms with Crippen LogP contribution in [-0.2, 0) is 36.7 Å². The van der Waals surface area contributed by atoms with Crippen molar-refractivity contribution in [3.8, 4) is 11.3 Å². The fourth-order valence-corrected chi connectivity index (χ4v) is 7.18. The number of furan rings is 1. The predicted octanol–water partition coefficient (Wildman–Crippen LogP) is 14.2. The van der Waals surface area contributed by atoms with E-state index in [0.717, 1.165) is 70.7 Å². The Kier molecular flexibility index (Phi) is 15.3. The third-order valence-electron chi connectivity index (χ3n) is 11.1. The second kappa shape index (κ2) is 18.3. The van der Waals surface area contributed by atoms with Gasteiger partial charge in [-0.1, -0.05) is 111 Å². The third-order valence-corrected chi connectivity index (χ3v) is 12.0. The van der Waals surface area contributed by atoms with Crippen LogP contribution in [0.2, 0.25) is 0 Å². The van der Waals surface area contributed by atoms with Crippen molar-refractivity contribution in [2.45, 2.75) is 121 Å². The second-order valence-electron chi connectivity index (χ2n) is 16.2. The van der Waals surface area contributed by atoms with E-state index in [-0.39, 0.29) is 47.9 Å². The Morgan fingerprint density at radius 3 is 2.13 bits per heavy atom. The Morgan fingerprint density at radius 2 is 1.53 bits per heavy atom. The minimum absolute atomic E-state index is 0. The van der Waals surface area contributed by atoms with E-state index in [1.165, 1.54) is 27.5 Å². The molecule has 5 rings (SSSR count). The van der Waals surface area contributed by atoms with Crippen LogP contribution in [0.1, 0.15) is 118 Å². The first-order valence-electron chi connectivity index (χ1n) is 19.1. The maximum atomic E-state index is 12.2. The SMILES string of the molecule is CCC(C)(CC)C(=O)/C=C(\O)C(C)(CC)CC.Cc1sccc2c(ccc1CC(C)C)oc1ccnc(-c3[c-]c4ccccc4c(C(C)(C)C)c3)c12.[Ir]. The van der Waals surface area contributed by atoms with E-state index in [2.05, 4.69) is 102 Å². The van der Waals surface area contributed by atoms with E-state index in [1.807, 2.05) is 53.8 Å². The number of allylic oxidation sites excluding steroid dienone is 2. The normalized spacial score (nSPS) is 12.4. The molecule has 0 fully saturated rings. The van der Waals surface area contributed by atoms with Crippen molar-refractivity contribution in [3.63, 3.8) is 0 Å². The molecular formula is C47H60IrNO3S-. The van der Waals surface area contributed by atoms with Crippen LogP contribution >= 0.6 is 11.3 Å². The molecule has 0 atom stereocenters. The molecule has 0 bridgehead atoms. The van der Waals surface area contributed by atoms with Gasteiger partial charge in [-0.15, -0.1) is 40.5 Å². The second-order valence-corrected chi connectivity index (χ2v) is 17.3. The number of carbonyl (C=O) groups is 1. The molecule has 0 aliphatic heterocycles. The minimum atomic E-state index is -0.337. The zero-order chi connectivity index (χ0) is 38.4. The van der Waals surface area contributed by atoms with Gasteiger partial charge in [0.2, 0.25) is 0 Å². The molecule has 0 saturated carbocycles. The summed E-state index contributed by atoms with van der Waals surface area (Å²) in [5.41, 5.74) is 5.70. The number of ketones is 1. The number of pyridine rings is 1. The van der Waals surface area contributed by atoms with E-state index in [9.17, 15) is 9.90 Å². The van der Waals surface area contributed by atoms with E-state index < -0.39 is 0 Å². The number of benzene rings is 2. The molecule has 2 aromatic carbocycles. The molecule has 5 aromatic rings. The Bertz CT molecular complexity index is 2100. The fraction of sp³-hybridized carbons (Fsp3) is 0.447. The summed E-state index contributed by atoms with van der Waals surface area (Å²) < 4.78 is 6.39. The molecule has 287 valence electrons. The van der Waals surface area contributed by atoms with Crippen LogP contribution in [0.5, 0.6) is 0 Å². The van der Waals surface area contributed by atoms with Gasteiger partial charge in [-0.2, -0.15) is 0 Å². The molecule has 0 aliphatic carbocycles. The van der Waals surface area contributed by atoms with Gasteiger partial charge in [0.15, 0.2) is 5.78 Å². The van der Waals surface area contributed by atoms with Crippen LogP contribution in [-0.4, -0.2) is 15.9 Å². The number of rotatable bonds is 10. The van der Waals surface area contributed by atoms with Crippen molar-refractivity contribution in [3.05, 3.63) is 100 Å². The van der Waals surface area contributed by atoms with Gasteiger partial charge in [0.05, 0.1) is 0 Å². The summed E-state index contributed by atoms with van der Waals surface area (Å²) in [5, 5.41) is 16.8. The summed E-state index contributed by atoms with van der Waals surface area (Å²) >= 11 is 1.78. The molecule has 0 unspecified atom stereocenters. The van der Waals surface area contributed by atoms with Gasteiger partial charge in [-0.05, 0) is 79.5 Å². The number of aliphatic hydroxyl groups excluding tert-OH is 1. The Morgan fingerprint density at radius 1 is 0.887 bits per heavy atom. The van der Waals surface area contributed by atoms with Gasteiger partial charge in [0.25, 0.3) is 0 Å². The molecule has 3 aromatic heterocycles. The summed E-state index contributed by atoms with van der Waals surface area (Å²) in [5.74, 6) is 0.884. The van der Waals surface area contributed by atoms with E-state index >= 15 is 0 Å². The van der Waals surface area contributed by atoms with Crippen LogP contribution in [0.25, 0.3) is 44.0 Å². The van der Waals surface area contributed by atoms with Gasteiger partial charge in [-0.3, -0.25) is 9.78 Å². The van der Waals surface area contributed by atoms with Gasteiger partial charge in [0.1, 0.15) is 16.9 Å². The maximum absolute atomic E-state index is 12.2. The number of aliphatic hydroxyl groups is 1. The predicted molar refractivity (Wildman–Crippen MR) is 224 cm³/mol. The molecule has 0 amide bonds. The average molecular weight is 911 g/mol. The van der Waals surface area contributed by atoms with Crippen LogP contribution in [0.3, 0.4) is 0 Å². The first kappa shape index (κ1) is 44.1. The fourth-order valence-electron chi connectivity index (χ4n) is 6.47. The van der Waals surface area contributed by atoms with Crippen molar-refractivity contribution < 1.29 is 34.4 Å². The molecule has 4 nitrogen and oxygen atoms in total. The largest absolute Gasteiger partial charge is 0.512 e. The molecule has 1 N–H and O–H groups in total. The van der Waals surface area contributed by atoms with Crippen LogP contribution < -0.4 is 0 Å². The molecule has 6 heteroatoms. The number of hydrogen-bond donors (Lipinski definition) is 1.